The van der Waals surface area contributed by atoms with Crippen molar-refractivity contribution in [2.24, 2.45) is 5.11 Å². The van der Waals surface area contributed by atoms with E-state index in [1.165, 1.54) is 12.1 Å². The molecule has 8 heteroatoms. The molecule has 0 aromatic heterocycles. The smallest absolute Gasteiger partial charge is 0.269 e. The number of nitro groups is 1. The Morgan fingerprint density at radius 2 is 2.19 bits per heavy atom. The minimum atomic E-state index is -0.487. The molecule has 16 heavy (non-hydrogen) atoms. The predicted octanol–water partition coefficient (Wildman–Crippen LogP) is 1.93. The highest BCUT2D eigenvalue weighted by atomic mass is 16.6. The fraction of sp³-hybridized carbons (Fsp3) is 0.125. The van der Waals surface area contributed by atoms with Gasteiger partial charge in [0.25, 0.3) is 5.69 Å². The van der Waals surface area contributed by atoms with Crippen LogP contribution in [0, 0.1) is 15.5 Å². The van der Waals surface area contributed by atoms with Gasteiger partial charge in [0, 0.05) is 23.6 Å². The van der Waals surface area contributed by atoms with Crippen LogP contribution in [0.4, 0.5) is 5.69 Å². The maximum Gasteiger partial charge on any atom is 0.269 e. The minimum absolute atomic E-state index is 0.00822. The molecule has 0 saturated carbocycles. The van der Waals surface area contributed by atoms with E-state index in [0.717, 1.165) is 5.56 Å². The van der Waals surface area contributed by atoms with Crippen molar-refractivity contribution < 1.29 is 4.92 Å². The van der Waals surface area contributed by atoms with E-state index in [9.17, 15) is 10.1 Å². The number of non-ortho nitro benzene ring substituents is 1. The maximum atomic E-state index is 10.4. The summed E-state index contributed by atoms with van der Waals surface area (Å²) in [6, 6.07) is 5.87. The average molecular weight is 220 g/mol. The van der Waals surface area contributed by atoms with Gasteiger partial charge in [-0.05, 0) is 16.2 Å². The van der Waals surface area contributed by atoms with E-state index in [-0.39, 0.29) is 18.2 Å². The largest absolute Gasteiger partial charge is 0.365 e. The van der Waals surface area contributed by atoms with Crippen molar-refractivity contribution in [3.8, 4) is 0 Å². The lowest BCUT2D eigenvalue weighted by molar-refractivity contribution is -0.384. The molecule has 0 aliphatic rings. The summed E-state index contributed by atoms with van der Waals surface area (Å²) in [5.74, 6) is -0.291. The van der Waals surface area contributed by atoms with Gasteiger partial charge in [-0.25, -0.2) is 0 Å². The highest BCUT2D eigenvalue weighted by molar-refractivity contribution is 5.77. The number of nitrogens with one attached hydrogen (secondary N) is 2. The number of nitrogens with zero attached hydrogens (tertiary/aromatic N) is 4. The second-order valence-electron chi connectivity index (χ2n) is 2.82. The zero-order valence-corrected chi connectivity index (χ0v) is 8.12. The van der Waals surface area contributed by atoms with Crippen molar-refractivity contribution in [1.82, 2.24) is 5.32 Å². The number of hydrogen-bond acceptors (Lipinski definition) is 3. The summed E-state index contributed by atoms with van der Waals surface area (Å²) in [4.78, 5) is 12.3. The maximum absolute atomic E-state index is 10.4. The molecule has 0 heterocycles. The van der Waals surface area contributed by atoms with Crippen LogP contribution in [0.1, 0.15) is 5.56 Å². The third-order valence-electron chi connectivity index (χ3n) is 1.75. The summed E-state index contributed by atoms with van der Waals surface area (Å²) in [7, 11) is 0. The van der Waals surface area contributed by atoms with Gasteiger partial charge in [0.1, 0.15) is 0 Å². The summed E-state index contributed by atoms with van der Waals surface area (Å²) in [5.41, 5.74) is 8.80. The third kappa shape index (κ3) is 3.28. The monoisotopic (exact) mass is 220 g/mol. The van der Waals surface area contributed by atoms with Crippen LogP contribution >= 0.6 is 0 Å². The number of nitro benzene ring substituents is 1. The first-order chi connectivity index (χ1) is 7.63. The molecule has 0 radical (unpaired) electrons. The normalized spacial score (nSPS) is 9.00. The lowest BCUT2D eigenvalue weighted by Gasteiger charge is -2.02. The Morgan fingerprint density at radius 1 is 1.56 bits per heavy atom. The second kappa shape index (κ2) is 5.32. The zero-order chi connectivity index (χ0) is 12.0. The summed E-state index contributed by atoms with van der Waals surface area (Å²) in [6.07, 6.45) is 0. The van der Waals surface area contributed by atoms with Gasteiger partial charge in [0.05, 0.1) is 4.92 Å². The lowest BCUT2D eigenvalue weighted by Crippen LogP contribution is -2.18. The van der Waals surface area contributed by atoms with Crippen LogP contribution in [0.3, 0.4) is 0 Å². The summed E-state index contributed by atoms with van der Waals surface area (Å²) >= 11 is 0. The average Bonchev–Trinajstić information content (AvgIpc) is 2.27. The van der Waals surface area contributed by atoms with E-state index in [1.54, 1.807) is 12.1 Å². The Bertz CT molecular complexity index is 448. The molecule has 0 spiro atoms. The van der Waals surface area contributed by atoms with Crippen LogP contribution in [0.25, 0.3) is 10.4 Å². The van der Waals surface area contributed by atoms with Gasteiger partial charge in [-0.1, -0.05) is 12.1 Å². The van der Waals surface area contributed by atoms with Crippen molar-refractivity contribution in [1.29, 1.82) is 5.41 Å². The minimum Gasteiger partial charge on any atom is -0.365 e. The van der Waals surface area contributed by atoms with Crippen LogP contribution in [0.5, 0.6) is 0 Å². The van der Waals surface area contributed by atoms with Crippen molar-refractivity contribution in [3.05, 3.63) is 50.4 Å². The molecule has 0 unspecified atom stereocenters. The van der Waals surface area contributed by atoms with Crippen LogP contribution < -0.4 is 5.32 Å². The van der Waals surface area contributed by atoms with Gasteiger partial charge < -0.3 is 5.32 Å². The summed E-state index contributed by atoms with van der Waals surface area (Å²) < 4.78 is 0. The third-order valence-corrected chi connectivity index (χ3v) is 1.75. The number of azide groups is 1. The first-order valence-corrected chi connectivity index (χ1v) is 4.24. The molecular weight excluding hydrogens is 212 g/mol. The van der Waals surface area contributed by atoms with Gasteiger partial charge in [0.2, 0.25) is 0 Å². The van der Waals surface area contributed by atoms with E-state index < -0.39 is 4.92 Å². The molecular formula is C8H8N6O2. The van der Waals surface area contributed by atoms with Crippen molar-refractivity contribution >= 4 is 11.6 Å². The first-order valence-electron chi connectivity index (χ1n) is 4.24. The van der Waals surface area contributed by atoms with E-state index in [4.69, 9.17) is 10.9 Å². The summed E-state index contributed by atoms with van der Waals surface area (Å²) in [5, 5.41) is 23.0. The van der Waals surface area contributed by atoms with Crippen LogP contribution in [0.15, 0.2) is 29.4 Å². The Kier molecular flexibility index (Phi) is 3.82. The molecule has 0 fully saturated rings. The van der Waals surface area contributed by atoms with Gasteiger partial charge in [0.15, 0.2) is 5.96 Å². The highest BCUT2D eigenvalue weighted by Crippen LogP contribution is 2.11. The zero-order valence-electron chi connectivity index (χ0n) is 8.12. The summed E-state index contributed by atoms with van der Waals surface area (Å²) in [6.45, 7) is 0.274. The van der Waals surface area contributed by atoms with Gasteiger partial charge in [-0.3, -0.25) is 15.5 Å². The first kappa shape index (κ1) is 11.5. The standard InChI is InChI=1S/C8H8N6O2/c9-8(12-13-10)11-5-6-1-3-7(4-2-6)14(15)16/h1-4H,5H2,(H2,9,11). The molecule has 1 aromatic rings. The molecule has 0 aliphatic carbocycles. The highest BCUT2D eigenvalue weighted by Gasteiger charge is 2.03. The van der Waals surface area contributed by atoms with E-state index >= 15 is 0 Å². The fourth-order valence-electron chi connectivity index (χ4n) is 1.00. The molecule has 0 saturated heterocycles. The fourth-order valence-corrected chi connectivity index (χ4v) is 1.00. The lowest BCUT2D eigenvalue weighted by atomic mass is 10.2. The van der Waals surface area contributed by atoms with E-state index in [0.29, 0.717) is 0 Å². The van der Waals surface area contributed by atoms with Crippen LogP contribution in [0.2, 0.25) is 0 Å². The van der Waals surface area contributed by atoms with Gasteiger partial charge >= 0.3 is 0 Å². The molecule has 1 rings (SSSR count). The molecule has 0 atom stereocenters. The number of rotatable bonds is 3. The Hall–Kier alpha value is -2.60. The van der Waals surface area contributed by atoms with Crippen molar-refractivity contribution in [3.63, 3.8) is 0 Å². The molecule has 82 valence electrons. The Morgan fingerprint density at radius 3 is 2.69 bits per heavy atom. The number of guanidine groups is 1. The van der Waals surface area contributed by atoms with Gasteiger partial charge in [-0.2, -0.15) is 0 Å². The number of benzene rings is 1. The topological polar surface area (TPSA) is 128 Å². The Balaban J connectivity index is 2.59. The number of hydrogen-bond donors (Lipinski definition) is 2. The van der Waals surface area contributed by atoms with E-state index in [2.05, 4.69) is 15.3 Å². The van der Waals surface area contributed by atoms with E-state index in [1.807, 2.05) is 0 Å². The van der Waals surface area contributed by atoms with Crippen LogP contribution in [-0.2, 0) is 6.54 Å². The molecule has 2 N–H and O–H groups in total. The molecule has 8 nitrogen and oxygen atoms in total. The SMILES string of the molecule is [N-]=[N+]=NC(=N)NCc1ccc([N+](=O)[O-])cc1. The van der Waals surface area contributed by atoms with Gasteiger partial charge in [-0.15, -0.1) is 0 Å². The molecule has 0 bridgehead atoms. The Labute approximate surface area is 90.2 Å². The van der Waals surface area contributed by atoms with Crippen molar-refractivity contribution in [2.45, 2.75) is 6.54 Å². The predicted molar refractivity (Wildman–Crippen MR) is 56.8 cm³/mol. The molecule has 0 amide bonds. The second-order valence-corrected chi connectivity index (χ2v) is 2.82. The molecule has 0 aliphatic heterocycles. The van der Waals surface area contributed by atoms with Crippen molar-refractivity contribution in [2.75, 3.05) is 0 Å². The quantitative estimate of drug-likeness (QED) is 0.153. The molecule has 1 aromatic carbocycles. The van der Waals surface area contributed by atoms with Crippen LogP contribution in [-0.4, -0.2) is 10.9 Å².